The second kappa shape index (κ2) is 7.14. The normalized spacial score (nSPS) is 10.7. The third kappa shape index (κ3) is 3.30. The van der Waals surface area contributed by atoms with Gasteiger partial charge in [-0.15, -0.1) is 0 Å². The van der Waals surface area contributed by atoms with E-state index in [0.717, 1.165) is 39.6 Å². The van der Waals surface area contributed by atoms with E-state index in [-0.39, 0.29) is 0 Å². The zero-order valence-corrected chi connectivity index (χ0v) is 14.3. The SMILES string of the molecule is COc1ccc(-c2[nH]ncc2CNc2ccc(-c3cnco3)cc2)cc1. The van der Waals surface area contributed by atoms with E-state index < -0.39 is 0 Å². The Morgan fingerprint density at radius 1 is 1.00 bits per heavy atom. The minimum atomic E-state index is 0.666. The highest BCUT2D eigenvalue weighted by Crippen LogP contribution is 2.25. The Labute approximate surface area is 150 Å². The van der Waals surface area contributed by atoms with Crippen molar-refractivity contribution in [2.24, 2.45) is 0 Å². The van der Waals surface area contributed by atoms with Crippen molar-refractivity contribution in [2.45, 2.75) is 6.54 Å². The lowest BCUT2D eigenvalue weighted by atomic mass is 10.1. The van der Waals surface area contributed by atoms with Crippen LogP contribution in [0.4, 0.5) is 5.69 Å². The maximum Gasteiger partial charge on any atom is 0.181 e. The Morgan fingerprint density at radius 2 is 1.77 bits per heavy atom. The van der Waals surface area contributed by atoms with Crippen molar-refractivity contribution in [3.63, 3.8) is 0 Å². The molecule has 0 aliphatic rings. The Morgan fingerprint density at radius 3 is 2.46 bits per heavy atom. The first-order valence-corrected chi connectivity index (χ1v) is 8.23. The number of hydrogen-bond acceptors (Lipinski definition) is 5. The summed E-state index contributed by atoms with van der Waals surface area (Å²) in [5, 5.41) is 10.7. The van der Waals surface area contributed by atoms with Crippen LogP contribution >= 0.6 is 0 Å². The monoisotopic (exact) mass is 346 g/mol. The number of aromatic nitrogens is 3. The maximum atomic E-state index is 5.31. The van der Waals surface area contributed by atoms with Gasteiger partial charge in [0.25, 0.3) is 0 Å². The van der Waals surface area contributed by atoms with Crippen molar-refractivity contribution >= 4 is 5.69 Å². The van der Waals surface area contributed by atoms with Crippen LogP contribution in [-0.4, -0.2) is 22.3 Å². The molecule has 26 heavy (non-hydrogen) atoms. The van der Waals surface area contributed by atoms with Crippen LogP contribution in [0.2, 0.25) is 0 Å². The first-order chi connectivity index (χ1) is 12.8. The van der Waals surface area contributed by atoms with Gasteiger partial charge in [0.15, 0.2) is 12.2 Å². The maximum absolute atomic E-state index is 5.31. The standard InChI is InChI=1S/C20H18N4O2/c1-25-18-8-4-15(5-9-18)20-16(11-23-24-20)10-22-17-6-2-14(3-7-17)19-12-21-13-26-19/h2-9,11-13,22H,10H2,1H3,(H,23,24). The number of methoxy groups -OCH3 is 1. The Balaban J connectivity index is 1.46. The van der Waals surface area contributed by atoms with Crippen molar-refractivity contribution in [3.8, 4) is 28.3 Å². The summed E-state index contributed by atoms with van der Waals surface area (Å²) in [4.78, 5) is 3.94. The van der Waals surface area contributed by atoms with Crippen molar-refractivity contribution in [1.29, 1.82) is 0 Å². The summed E-state index contributed by atoms with van der Waals surface area (Å²) >= 11 is 0. The van der Waals surface area contributed by atoms with Gasteiger partial charge in [-0.05, 0) is 48.5 Å². The molecule has 0 saturated carbocycles. The number of oxazole rings is 1. The topological polar surface area (TPSA) is 76.0 Å². The molecule has 2 N–H and O–H groups in total. The number of aromatic amines is 1. The van der Waals surface area contributed by atoms with Crippen LogP contribution < -0.4 is 10.1 Å². The molecular weight excluding hydrogens is 328 g/mol. The molecule has 0 unspecified atom stereocenters. The zero-order chi connectivity index (χ0) is 17.8. The van der Waals surface area contributed by atoms with Crippen molar-refractivity contribution in [2.75, 3.05) is 12.4 Å². The van der Waals surface area contributed by atoms with Crippen LogP contribution in [0.1, 0.15) is 5.56 Å². The third-order valence-electron chi connectivity index (χ3n) is 4.18. The van der Waals surface area contributed by atoms with Crippen molar-refractivity contribution in [3.05, 3.63) is 72.9 Å². The molecule has 130 valence electrons. The van der Waals surface area contributed by atoms with Crippen LogP contribution in [0.15, 0.2) is 71.7 Å². The summed E-state index contributed by atoms with van der Waals surface area (Å²) in [6.45, 7) is 0.666. The van der Waals surface area contributed by atoms with E-state index in [1.165, 1.54) is 6.39 Å². The molecule has 0 spiro atoms. The van der Waals surface area contributed by atoms with Gasteiger partial charge in [-0.2, -0.15) is 5.10 Å². The van der Waals surface area contributed by atoms with Gasteiger partial charge in [-0.1, -0.05) is 0 Å². The highest BCUT2D eigenvalue weighted by Gasteiger charge is 2.08. The van der Waals surface area contributed by atoms with E-state index in [0.29, 0.717) is 6.54 Å². The van der Waals surface area contributed by atoms with E-state index in [1.807, 2.05) is 54.7 Å². The van der Waals surface area contributed by atoms with Gasteiger partial charge in [-0.3, -0.25) is 5.10 Å². The van der Waals surface area contributed by atoms with E-state index in [1.54, 1.807) is 13.3 Å². The molecule has 4 aromatic rings. The number of ether oxygens (including phenoxy) is 1. The molecule has 0 atom stereocenters. The van der Waals surface area contributed by atoms with Crippen LogP contribution in [0.5, 0.6) is 5.75 Å². The minimum absolute atomic E-state index is 0.666. The summed E-state index contributed by atoms with van der Waals surface area (Å²) < 4.78 is 10.5. The molecule has 2 aromatic heterocycles. The average molecular weight is 346 g/mol. The quantitative estimate of drug-likeness (QED) is 0.543. The molecule has 2 aromatic carbocycles. The summed E-state index contributed by atoms with van der Waals surface area (Å²) in [6.07, 6.45) is 4.98. The number of H-pyrrole nitrogens is 1. The molecule has 0 saturated heterocycles. The van der Waals surface area contributed by atoms with Crippen LogP contribution in [-0.2, 0) is 6.54 Å². The highest BCUT2D eigenvalue weighted by atomic mass is 16.5. The van der Waals surface area contributed by atoms with Gasteiger partial charge in [0.2, 0.25) is 0 Å². The number of rotatable bonds is 6. The van der Waals surface area contributed by atoms with Gasteiger partial charge < -0.3 is 14.5 Å². The van der Waals surface area contributed by atoms with Gasteiger partial charge in [-0.25, -0.2) is 4.98 Å². The number of hydrogen-bond donors (Lipinski definition) is 2. The highest BCUT2D eigenvalue weighted by molar-refractivity contribution is 5.65. The predicted octanol–water partition coefficient (Wildman–Crippen LogP) is 4.35. The van der Waals surface area contributed by atoms with E-state index in [2.05, 4.69) is 20.5 Å². The number of nitrogens with one attached hydrogen (secondary N) is 2. The molecule has 0 fully saturated rings. The fourth-order valence-electron chi connectivity index (χ4n) is 2.76. The summed E-state index contributed by atoms with van der Waals surface area (Å²) in [7, 11) is 1.66. The Bertz CT molecular complexity index is 958. The van der Waals surface area contributed by atoms with E-state index in [4.69, 9.17) is 9.15 Å². The van der Waals surface area contributed by atoms with Gasteiger partial charge in [0, 0.05) is 28.9 Å². The smallest absolute Gasteiger partial charge is 0.181 e. The molecular formula is C20H18N4O2. The van der Waals surface area contributed by atoms with Crippen molar-refractivity contribution in [1.82, 2.24) is 15.2 Å². The lowest BCUT2D eigenvalue weighted by molar-refractivity contribution is 0.415. The largest absolute Gasteiger partial charge is 0.497 e. The second-order valence-corrected chi connectivity index (χ2v) is 5.80. The molecule has 0 amide bonds. The van der Waals surface area contributed by atoms with Crippen LogP contribution in [0.25, 0.3) is 22.6 Å². The Hall–Kier alpha value is -3.54. The van der Waals surface area contributed by atoms with Crippen LogP contribution in [0.3, 0.4) is 0 Å². The first-order valence-electron chi connectivity index (χ1n) is 8.23. The minimum Gasteiger partial charge on any atom is -0.497 e. The molecule has 2 heterocycles. The molecule has 6 heteroatoms. The molecule has 0 radical (unpaired) electrons. The van der Waals surface area contributed by atoms with E-state index in [9.17, 15) is 0 Å². The lowest BCUT2D eigenvalue weighted by Crippen LogP contribution is -1.99. The van der Waals surface area contributed by atoms with Gasteiger partial charge in [0.1, 0.15) is 5.75 Å². The molecule has 0 bridgehead atoms. The summed E-state index contributed by atoms with van der Waals surface area (Å²) in [5.74, 6) is 1.59. The average Bonchev–Trinajstić information content (AvgIpc) is 3.39. The number of nitrogens with zero attached hydrogens (tertiary/aromatic N) is 2. The predicted molar refractivity (Wildman–Crippen MR) is 99.8 cm³/mol. The third-order valence-corrected chi connectivity index (χ3v) is 4.18. The lowest BCUT2D eigenvalue weighted by Gasteiger charge is -2.08. The Kier molecular flexibility index (Phi) is 4.38. The second-order valence-electron chi connectivity index (χ2n) is 5.80. The van der Waals surface area contributed by atoms with Crippen LogP contribution in [0, 0.1) is 0 Å². The number of anilines is 1. The van der Waals surface area contributed by atoms with Gasteiger partial charge in [0.05, 0.1) is 25.2 Å². The zero-order valence-electron chi connectivity index (χ0n) is 14.3. The molecule has 0 aliphatic carbocycles. The molecule has 4 rings (SSSR count). The molecule has 0 aliphatic heterocycles. The van der Waals surface area contributed by atoms with E-state index >= 15 is 0 Å². The fraction of sp³-hybridized carbons (Fsp3) is 0.100. The fourth-order valence-corrected chi connectivity index (χ4v) is 2.76. The summed E-state index contributed by atoms with van der Waals surface area (Å²) in [6, 6.07) is 16.0. The summed E-state index contributed by atoms with van der Waals surface area (Å²) in [5.41, 5.74) is 5.18. The van der Waals surface area contributed by atoms with Gasteiger partial charge >= 0.3 is 0 Å². The number of benzene rings is 2. The molecule has 6 nitrogen and oxygen atoms in total. The van der Waals surface area contributed by atoms with Crippen molar-refractivity contribution < 1.29 is 9.15 Å². The first kappa shape index (κ1) is 16.0.